The second-order valence-corrected chi connectivity index (χ2v) is 13.3. The van der Waals surface area contributed by atoms with Crippen LogP contribution >= 0.6 is 0 Å². The van der Waals surface area contributed by atoms with Gasteiger partial charge in [-0.15, -0.1) is 0 Å². The molecular formula is C40H61N9. The predicted octanol–water partition coefficient (Wildman–Crippen LogP) is 6.50. The molecule has 0 spiro atoms. The maximum Gasteiger partial charge on any atom is 0.0638 e. The van der Waals surface area contributed by atoms with Crippen molar-refractivity contribution >= 4 is 39.9 Å². The van der Waals surface area contributed by atoms with E-state index in [4.69, 9.17) is 17.2 Å². The highest BCUT2D eigenvalue weighted by molar-refractivity contribution is 5.92. The maximum atomic E-state index is 6.75. The monoisotopic (exact) mass is 668 g/mol. The molecule has 0 amide bonds. The summed E-state index contributed by atoms with van der Waals surface area (Å²) in [6.07, 6.45) is 18.7. The van der Waals surface area contributed by atoms with E-state index in [9.17, 15) is 0 Å². The van der Waals surface area contributed by atoms with Crippen LogP contribution in [-0.4, -0.2) is 63.0 Å². The largest absolute Gasteiger partial charge is 0.399 e. The van der Waals surface area contributed by atoms with Crippen LogP contribution in [0.1, 0.15) is 81.0 Å². The number of nitrogens with two attached hydrogens (primary N) is 3. The highest BCUT2D eigenvalue weighted by Crippen LogP contribution is 2.34. The minimum absolute atomic E-state index is 0.529. The molecule has 4 rings (SSSR count). The number of allylic oxidation sites excluding steroid dienone is 1. The summed E-state index contributed by atoms with van der Waals surface area (Å²) in [6, 6.07) is 8.44. The molecular weight excluding hydrogens is 607 g/mol. The topological polar surface area (TPSA) is 133 Å². The van der Waals surface area contributed by atoms with E-state index in [0.29, 0.717) is 25.3 Å². The molecule has 2 aromatic rings. The van der Waals surface area contributed by atoms with E-state index in [1.165, 1.54) is 43.5 Å². The lowest BCUT2D eigenvalue weighted by Crippen LogP contribution is -2.32. The van der Waals surface area contributed by atoms with E-state index in [0.717, 1.165) is 103 Å². The van der Waals surface area contributed by atoms with Crippen molar-refractivity contribution in [3.05, 3.63) is 84.0 Å². The normalized spacial score (nSPS) is 17.3. The first kappa shape index (κ1) is 37.4. The van der Waals surface area contributed by atoms with Crippen LogP contribution in [0.25, 0.3) is 11.4 Å². The molecule has 9 N–H and O–H groups in total. The number of aryl methyl sites for hydroxylation is 2. The molecule has 1 fully saturated rings. The van der Waals surface area contributed by atoms with Gasteiger partial charge in [0.2, 0.25) is 0 Å². The van der Waals surface area contributed by atoms with Crippen molar-refractivity contribution in [3.8, 4) is 0 Å². The van der Waals surface area contributed by atoms with Crippen LogP contribution in [0.3, 0.4) is 0 Å². The van der Waals surface area contributed by atoms with E-state index in [1.807, 2.05) is 26.0 Å². The van der Waals surface area contributed by atoms with Crippen LogP contribution < -0.4 is 38.2 Å². The number of nitrogens with one attached hydrogen (secondary N) is 3. The van der Waals surface area contributed by atoms with Crippen LogP contribution in [0.4, 0.5) is 22.7 Å². The van der Waals surface area contributed by atoms with Gasteiger partial charge in [0, 0.05) is 44.1 Å². The highest BCUT2D eigenvalue weighted by Gasteiger charge is 2.17. The molecule has 9 heteroatoms. The molecule has 0 saturated carbocycles. The molecule has 0 aromatic heterocycles. The van der Waals surface area contributed by atoms with Crippen LogP contribution in [0, 0.1) is 0 Å². The van der Waals surface area contributed by atoms with Crippen LogP contribution in [0.5, 0.6) is 0 Å². The van der Waals surface area contributed by atoms with Crippen molar-refractivity contribution in [1.29, 1.82) is 0 Å². The molecule has 9 nitrogen and oxygen atoms in total. The van der Waals surface area contributed by atoms with Crippen molar-refractivity contribution in [2.24, 2.45) is 10.8 Å². The van der Waals surface area contributed by atoms with Gasteiger partial charge >= 0.3 is 0 Å². The third-order valence-corrected chi connectivity index (χ3v) is 9.32. The molecule has 0 aliphatic carbocycles. The summed E-state index contributed by atoms with van der Waals surface area (Å²) in [5.41, 5.74) is 33.0. The first-order chi connectivity index (χ1) is 23.8. The minimum Gasteiger partial charge on any atom is -0.399 e. The number of hydrazone groups is 1. The number of fused-ring (bicyclic) bond motifs is 2. The smallest absolute Gasteiger partial charge is 0.0638 e. The molecule has 0 atom stereocenters. The number of likely N-dealkylation sites (tertiary alicyclic amines) is 1. The highest BCUT2D eigenvalue weighted by atomic mass is 15.3. The Hall–Kier alpha value is -4.37. The lowest BCUT2D eigenvalue weighted by atomic mass is 9.96. The SMILES string of the molecule is C=C(N)c1cc(N)c2c(c1)CCCCCc1cc(C(=C)NCCCN3CCCCC3)cc(N)c1NC/C=C/CN2C/C=C/C(C)=N\NCC. The van der Waals surface area contributed by atoms with Crippen LogP contribution in [0.15, 0.2) is 66.8 Å². The van der Waals surface area contributed by atoms with Crippen molar-refractivity contribution in [3.63, 3.8) is 0 Å². The summed E-state index contributed by atoms with van der Waals surface area (Å²) in [4.78, 5) is 4.90. The van der Waals surface area contributed by atoms with Gasteiger partial charge in [-0.25, -0.2) is 0 Å². The summed E-state index contributed by atoms with van der Waals surface area (Å²) >= 11 is 0. The molecule has 2 aliphatic heterocycles. The first-order valence-corrected chi connectivity index (χ1v) is 18.3. The van der Waals surface area contributed by atoms with Gasteiger partial charge in [-0.1, -0.05) is 44.2 Å². The number of anilines is 4. The van der Waals surface area contributed by atoms with Gasteiger partial charge in [-0.3, -0.25) is 0 Å². The summed E-state index contributed by atoms with van der Waals surface area (Å²) in [5, 5.41) is 11.6. The number of nitrogens with zero attached hydrogens (tertiary/aromatic N) is 3. The lowest BCUT2D eigenvalue weighted by Gasteiger charge is -2.27. The zero-order chi connectivity index (χ0) is 35.0. The maximum absolute atomic E-state index is 6.75. The van der Waals surface area contributed by atoms with E-state index in [-0.39, 0.29) is 0 Å². The molecule has 0 unspecified atom stereocenters. The van der Waals surface area contributed by atoms with E-state index >= 15 is 0 Å². The lowest BCUT2D eigenvalue weighted by molar-refractivity contribution is 0.227. The Morgan fingerprint density at radius 1 is 0.939 bits per heavy atom. The zero-order valence-electron chi connectivity index (χ0n) is 30.1. The Kier molecular flexibility index (Phi) is 15.0. The average molecular weight is 668 g/mol. The van der Waals surface area contributed by atoms with Gasteiger partial charge in [-0.2, -0.15) is 5.10 Å². The van der Waals surface area contributed by atoms with Crippen LogP contribution in [0.2, 0.25) is 0 Å². The standard InChI is InChI=1S/C40H61N9/c1-5-46-47-30(2)16-14-25-49-24-13-10-19-45-39-33(17-8-6-9-18-34-27-35(31(3)41)28-38(43)40(34)49)26-36(29-37(39)42)32(4)44-20-15-23-48-21-11-7-12-22-48/h10,13-14,16,26-29,44-46H,3-9,11-12,15,17-25,41-43H2,1-2H3/b13-10+,16-14+,47-30-. The number of piperidine rings is 1. The summed E-state index contributed by atoms with van der Waals surface area (Å²) < 4.78 is 0. The molecule has 2 aromatic carbocycles. The molecule has 0 radical (unpaired) electrons. The van der Waals surface area contributed by atoms with Gasteiger partial charge in [0.1, 0.15) is 0 Å². The van der Waals surface area contributed by atoms with Gasteiger partial charge in [0.05, 0.1) is 28.5 Å². The number of nitrogen functional groups attached to an aromatic ring is 2. The number of rotatable bonds is 12. The molecule has 266 valence electrons. The Balaban J connectivity index is 1.50. The minimum atomic E-state index is 0.529. The quantitative estimate of drug-likeness (QED) is 0.0497. The Bertz CT molecular complexity index is 1480. The third kappa shape index (κ3) is 11.6. The van der Waals surface area contributed by atoms with Gasteiger partial charge in [-0.05, 0) is 131 Å². The van der Waals surface area contributed by atoms with Gasteiger partial charge in [0.15, 0.2) is 0 Å². The second kappa shape index (κ2) is 19.6. The van der Waals surface area contributed by atoms with E-state index < -0.39 is 0 Å². The van der Waals surface area contributed by atoms with Crippen molar-refractivity contribution in [2.75, 3.05) is 74.0 Å². The van der Waals surface area contributed by atoms with Crippen molar-refractivity contribution in [2.45, 2.75) is 71.6 Å². The first-order valence-electron chi connectivity index (χ1n) is 18.3. The average Bonchev–Trinajstić information content (AvgIpc) is 3.09. The number of hydrogen-bond donors (Lipinski definition) is 6. The number of benzene rings is 2. The van der Waals surface area contributed by atoms with Gasteiger partial charge in [0.25, 0.3) is 0 Å². The third-order valence-electron chi connectivity index (χ3n) is 9.32. The second-order valence-electron chi connectivity index (χ2n) is 13.3. The molecule has 2 aliphatic rings. The summed E-state index contributed by atoms with van der Waals surface area (Å²) in [6.45, 7) is 19.8. The fraction of sp³-hybridized carbons (Fsp3) is 0.475. The zero-order valence-corrected chi connectivity index (χ0v) is 30.1. The predicted molar refractivity (Wildman–Crippen MR) is 214 cm³/mol. The van der Waals surface area contributed by atoms with Crippen molar-refractivity contribution in [1.82, 2.24) is 15.6 Å². The summed E-state index contributed by atoms with van der Waals surface area (Å²) in [5.74, 6) is 0. The number of hydrogen-bond acceptors (Lipinski definition) is 9. The molecule has 49 heavy (non-hydrogen) atoms. The molecule has 2 heterocycles. The Morgan fingerprint density at radius 3 is 2.41 bits per heavy atom. The van der Waals surface area contributed by atoms with Crippen LogP contribution in [-0.2, 0) is 12.8 Å². The van der Waals surface area contributed by atoms with Crippen molar-refractivity contribution < 1.29 is 0 Å². The fourth-order valence-electron chi connectivity index (χ4n) is 6.72. The summed E-state index contributed by atoms with van der Waals surface area (Å²) in [7, 11) is 0. The Labute approximate surface area is 295 Å². The molecule has 1 saturated heterocycles. The van der Waals surface area contributed by atoms with E-state index in [2.05, 4.69) is 80.5 Å². The van der Waals surface area contributed by atoms with Gasteiger partial charge < -0.3 is 43.1 Å². The van der Waals surface area contributed by atoms with E-state index in [1.54, 1.807) is 0 Å². The Morgan fingerprint density at radius 2 is 1.65 bits per heavy atom. The fourth-order valence-corrected chi connectivity index (χ4v) is 6.72. The molecule has 0 bridgehead atoms.